The van der Waals surface area contributed by atoms with Gasteiger partial charge >= 0.3 is 0 Å². The molecule has 90 valence electrons. The number of pyridine rings is 1. The zero-order valence-electron chi connectivity index (χ0n) is 10.6. The van der Waals surface area contributed by atoms with Crippen LogP contribution >= 0.6 is 0 Å². The van der Waals surface area contributed by atoms with Crippen LogP contribution in [0.4, 0.5) is 0 Å². The van der Waals surface area contributed by atoms with Crippen LogP contribution in [0, 0.1) is 13.8 Å². The molecule has 2 aromatic heterocycles. The number of aryl methyl sites for hydroxylation is 1. The van der Waals surface area contributed by atoms with E-state index in [1.807, 2.05) is 25.5 Å². The summed E-state index contributed by atoms with van der Waals surface area (Å²) in [6, 6.07) is 10.5. The topological polar surface area (TPSA) is 30.7 Å². The molecule has 0 N–H and O–H groups in total. The minimum atomic E-state index is 0.859. The van der Waals surface area contributed by atoms with Crippen molar-refractivity contribution in [3.63, 3.8) is 0 Å². The van der Waals surface area contributed by atoms with Gasteiger partial charge in [-0.05, 0) is 37.6 Å². The van der Waals surface area contributed by atoms with Crippen molar-refractivity contribution in [3.8, 4) is 0 Å². The fourth-order valence-electron chi connectivity index (χ4n) is 2.12. The van der Waals surface area contributed by atoms with Gasteiger partial charge in [0.2, 0.25) is 0 Å². The van der Waals surface area contributed by atoms with Gasteiger partial charge < -0.3 is 4.57 Å². The third-order valence-electron chi connectivity index (χ3n) is 3.37. The summed E-state index contributed by atoms with van der Waals surface area (Å²) in [6.45, 7) is 5.00. The van der Waals surface area contributed by atoms with E-state index in [-0.39, 0.29) is 0 Å². The van der Waals surface area contributed by atoms with Gasteiger partial charge in [0, 0.05) is 23.8 Å². The molecule has 0 aliphatic heterocycles. The van der Waals surface area contributed by atoms with Crippen molar-refractivity contribution in [1.82, 2.24) is 14.5 Å². The molecule has 0 bridgehead atoms. The highest BCUT2D eigenvalue weighted by atomic mass is 15.0. The molecule has 0 aliphatic rings. The van der Waals surface area contributed by atoms with Crippen LogP contribution < -0.4 is 0 Å². The zero-order valence-corrected chi connectivity index (χ0v) is 10.6. The Bertz CT molecular complexity index is 698. The highest BCUT2D eigenvalue weighted by molar-refractivity contribution is 5.78. The minimum Gasteiger partial charge on any atom is -0.330 e. The van der Waals surface area contributed by atoms with Gasteiger partial charge in [-0.3, -0.25) is 4.98 Å². The van der Waals surface area contributed by atoms with Gasteiger partial charge in [0.25, 0.3) is 0 Å². The largest absolute Gasteiger partial charge is 0.330 e. The van der Waals surface area contributed by atoms with Crippen molar-refractivity contribution in [2.24, 2.45) is 0 Å². The van der Waals surface area contributed by atoms with E-state index in [1.165, 1.54) is 16.6 Å². The van der Waals surface area contributed by atoms with E-state index in [2.05, 4.69) is 45.7 Å². The third-order valence-corrected chi connectivity index (χ3v) is 3.37. The fraction of sp³-hybridized carbons (Fsp3) is 0.200. The van der Waals surface area contributed by atoms with Gasteiger partial charge in [-0.15, -0.1) is 0 Å². The van der Waals surface area contributed by atoms with Crippen LogP contribution in [0.3, 0.4) is 0 Å². The van der Waals surface area contributed by atoms with Crippen LogP contribution in [-0.2, 0) is 6.54 Å². The molecule has 3 nitrogen and oxygen atoms in total. The van der Waals surface area contributed by atoms with Crippen molar-refractivity contribution in [2.75, 3.05) is 0 Å². The van der Waals surface area contributed by atoms with E-state index >= 15 is 0 Å². The lowest BCUT2D eigenvalue weighted by Gasteiger charge is -2.06. The molecule has 2 heterocycles. The van der Waals surface area contributed by atoms with Crippen LogP contribution in [0.5, 0.6) is 0 Å². The second kappa shape index (κ2) is 4.26. The Morgan fingerprint density at radius 1 is 1.11 bits per heavy atom. The maximum Gasteiger partial charge on any atom is 0.0954 e. The summed E-state index contributed by atoms with van der Waals surface area (Å²) in [4.78, 5) is 8.66. The Balaban J connectivity index is 1.98. The normalized spacial score (nSPS) is 11.0. The maximum absolute atomic E-state index is 4.33. The molecule has 0 aliphatic carbocycles. The van der Waals surface area contributed by atoms with Gasteiger partial charge in [-0.25, -0.2) is 4.98 Å². The first-order valence-corrected chi connectivity index (χ1v) is 6.06. The summed E-state index contributed by atoms with van der Waals surface area (Å²) in [7, 11) is 0. The lowest BCUT2D eigenvalue weighted by atomic mass is 10.1. The summed E-state index contributed by atoms with van der Waals surface area (Å²) in [5.74, 6) is 0. The number of fused-ring (bicyclic) bond motifs is 1. The summed E-state index contributed by atoms with van der Waals surface area (Å²) in [6.07, 6.45) is 3.73. The Kier molecular flexibility index (Phi) is 2.59. The van der Waals surface area contributed by atoms with Crippen molar-refractivity contribution < 1.29 is 0 Å². The Hall–Kier alpha value is -2.16. The predicted molar refractivity (Wildman–Crippen MR) is 72.5 cm³/mol. The summed E-state index contributed by atoms with van der Waals surface area (Å²) in [5.41, 5.74) is 4.63. The molecule has 0 saturated heterocycles. The molecule has 0 saturated carbocycles. The van der Waals surface area contributed by atoms with Gasteiger partial charge in [0.15, 0.2) is 0 Å². The Labute approximate surface area is 106 Å². The van der Waals surface area contributed by atoms with E-state index in [1.54, 1.807) is 0 Å². The SMILES string of the molecule is Cc1ncn(Cc2ccc3ncccc3c2)c1C. The number of hydrogen-bond acceptors (Lipinski definition) is 2. The highest BCUT2D eigenvalue weighted by Gasteiger charge is 2.03. The number of hydrogen-bond donors (Lipinski definition) is 0. The number of nitrogens with zero attached hydrogens (tertiary/aromatic N) is 3. The lowest BCUT2D eigenvalue weighted by molar-refractivity contribution is 0.769. The van der Waals surface area contributed by atoms with E-state index in [0.717, 1.165) is 17.8 Å². The maximum atomic E-state index is 4.33. The van der Waals surface area contributed by atoms with Crippen LogP contribution in [0.1, 0.15) is 17.0 Å². The zero-order chi connectivity index (χ0) is 12.5. The number of benzene rings is 1. The van der Waals surface area contributed by atoms with Gasteiger partial charge in [0.1, 0.15) is 0 Å². The molecule has 0 unspecified atom stereocenters. The van der Waals surface area contributed by atoms with Crippen LogP contribution in [-0.4, -0.2) is 14.5 Å². The quantitative estimate of drug-likeness (QED) is 0.685. The summed E-state index contributed by atoms with van der Waals surface area (Å²) >= 11 is 0. The van der Waals surface area contributed by atoms with Crippen molar-refractivity contribution in [3.05, 3.63) is 59.8 Å². The molecule has 0 fully saturated rings. The van der Waals surface area contributed by atoms with Crippen LogP contribution in [0.15, 0.2) is 42.9 Å². The molecule has 0 amide bonds. The van der Waals surface area contributed by atoms with Crippen molar-refractivity contribution >= 4 is 10.9 Å². The smallest absolute Gasteiger partial charge is 0.0954 e. The second-order valence-corrected chi connectivity index (χ2v) is 4.57. The molecule has 3 aromatic rings. The first-order chi connectivity index (χ1) is 8.74. The Morgan fingerprint density at radius 2 is 2.00 bits per heavy atom. The fourth-order valence-corrected chi connectivity index (χ4v) is 2.12. The van der Waals surface area contributed by atoms with Crippen LogP contribution in [0.2, 0.25) is 0 Å². The third kappa shape index (κ3) is 1.88. The summed E-state index contributed by atoms with van der Waals surface area (Å²) in [5, 5.41) is 1.18. The van der Waals surface area contributed by atoms with Gasteiger partial charge in [-0.2, -0.15) is 0 Å². The highest BCUT2D eigenvalue weighted by Crippen LogP contribution is 2.15. The van der Waals surface area contributed by atoms with E-state index in [4.69, 9.17) is 0 Å². The summed E-state index contributed by atoms with van der Waals surface area (Å²) < 4.78 is 2.17. The lowest BCUT2D eigenvalue weighted by Crippen LogP contribution is -2.00. The van der Waals surface area contributed by atoms with E-state index < -0.39 is 0 Å². The molecular formula is C15H15N3. The Morgan fingerprint density at radius 3 is 2.78 bits per heavy atom. The average Bonchev–Trinajstić information content (AvgIpc) is 2.71. The second-order valence-electron chi connectivity index (χ2n) is 4.57. The minimum absolute atomic E-state index is 0.859. The van der Waals surface area contributed by atoms with Gasteiger partial charge in [-0.1, -0.05) is 12.1 Å². The number of aromatic nitrogens is 3. The van der Waals surface area contributed by atoms with Crippen LogP contribution in [0.25, 0.3) is 10.9 Å². The van der Waals surface area contributed by atoms with Gasteiger partial charge in [0.05, 0.1) is 17.5 Å². The van der Waals surface area contributed by atoms with Crippen molar-refractivity contribution in [1.29, 1.82) is 0 Å². The predicted octanol–water partition coefficient (Wildman–Crippen LogP) is 3.10. The molecule has 0 radical (unpaired) electrons. The average molecular weight is 237 g/mol. The van der Waals surface area contributed by atoms with Crippen molar-refractivity contribution in [2.45, 2.75) is 20.4 Å². The molecule has 0 spiro atoms. The van der Waals surface area contributed by atoms with E-state index in [0.29, 0.717) is 0 Å². The number of imidazole rings is 1. The molecular weight excluding hydrogens is 222 g/mol. The monoisotopic (exact) mass is 237 g/mol. The standard InChI is InChI=1S/C15H15N3/c1-11-12(2)18(10-17-11)9-13-5-6-15-14(8-13)4-3-7-16-15/h3-8,10H,9H2,1-2H3. The molecule has 1 aromatic carbocycles. The molecule has 18 heavy (non-hydrogen) atoms. The first-order valence-electron chi connectivity index (χ1n) is 6.06. The van der Waals surface area contributed by atoms with E-state index in [9.17, 15) is 0 Å². The number of rotatable bonds is 2. The molecule has 0 atom stereocenters. The molecule has 3 heteroatoms. The first kappa shape index (κ1) is 11.0. The molecule has 3 rings (SSSR count).